The van der Waals surface area contributed by atoms with Gasteiger partial charge in [0.2, 0.25) is 0 Å². The molecular weight excluding hydrogens is 236 g/mol. The van der Waals surface area contributed by atoms with E-state index in [2.05, 4.69) is 31.7 Å². The molecule has 0 N–H and O–H groups in total. The Hall–Kier alpha value is -0.590. The van der Waals surface area contributed by atoms with Gasteiger partial charge in [-0.1, -0.05) is 20.8 Å². The van der Waals surface area contributed by atoms with Gasteiger partial charge < -0.3 is 4.74 Å². The first-order valence-electron chi connectivity index (χ1n) is 7.74. The first-order chi connectivity index (χ1) is 9.02. The molecule has 3 nitrogen and oxygen atoms in total. The van der Waals surface area contributed by atoms with Crippen molar-refractivity contribution in [2.75, 3.05) is 26.3 Å². The minimum absolute atomic E-state index is 0.116. The highest BCUT2D eigenvalue weighted by Crippen LogP contribution is 2.41. The molecular formula is C16H28N2O. The zero-order chi connectivity index (χ0) is 13.9. The van der Waals surface area contributed by atoms with Crippen molar-refractivity contribution in [1.82, 2.24) is 4.90 Å². The topological polar surface area (TPSA) is 36.3 Å². The van der Waals surface area contributed by atoms with E-state index < -0.39 is 0 Å². The summed E-state index contributed by atoms with van der Waals surface area (Å²) in [4.78, 5) is 2.34. The second-order valence-electron chi connectivity index (χ2n) is 7.20. The summed E-state index contributed by atoms with van der Waals surface area (Å²) in [6.07, 6.45) is 5.02. The van der Waals surface area contributed by atoms with Gasteiger partial charge in [0.25, 0.3) is 0 Å². The maximum atomic E-state index is 9.52. The highest BCUT2D eigenvalue weighted by atomic mass is 16.5. The molecule has 19 heavy (non-hydrogen) atoms. The number of nitrogens with zero attached hydrogens (tertiary/aromatic N) is 2. The largest absolute Gasteiger partial charge is 0.379 e. The molecule has 2 fully saturated rings. The van der Waals surface area contributed by atoms with E-state index in [0.29, 0.717) is 11.3 Å². The highest BCUT2D eigenvalue weighted by molar-refractivity contribution is 4.99. The van der Waals surface area contributed by atoms with Crippen LogP contribution >= 0.6 is 0 Å². The second kappa shape index (κ2) is 6.24. The van der Waals surface area contributed by atoms with Crippen molar-refractivity contribution in [3.05, 3.63) is 0 Å². The quantitative estimate of drug-likeness (QED) is 0.769. The van der Waals surface area contributed by atoms with Gasteiger partial charge in [0, 0.05) is 13.1 Å². The third-order valence-corrected chi connectivity index (χ3v) is 5.01. The van der Waals surface area contributed by atoms with Crippen molar-refractivity contribution < 1.29 is 4.74 Å². The fourth-order valence-electron chi connectivity index (χ4n) is 3.64. The Morgan fingerprint density at radius 1 is 1.11 bits per heavy atom. The molecule has 0 aromatic carbocycles. The Balaban J connectivity index is 1.90. The summed E-state index contributed by atoms with van der Waals surface area (Å²) in [5.74, 6) is 1.40. The molecule has 1 unspecified atom stereocenters. The standard InChI is InChI=1S/C16H28N2O/c1-16(2,3)14-6-4-13(5-7-14)15(12-17)18-8-10-19-11-9-18/h13-15H,4-11H2,1-3H3. The van der Waals surface area contributed by atoms with E-state index in [-0.39, 0.29) is 6.04 Å². The predicted octanol–water partition coefficient (Wildman–Crippen LogP) is 3.06. The summed E-state index contributed by atoms with van der Waals surface area (Å²) in [6, 6.07) is 2.68. The number of ether oxygens (including phenoxy) is 1. The third kappa shape index (κ3) is 3.70. The lowest BCUT2D eigenvalue weighted by atomic mass is 9.68. The van der Waals surface area contributed by atoms with Gasteiger partial charge in [0.15, 0.2) is 0 Å². The molecule has 0 spiro atoms. The van der Waals surface area contributed by atoms with Crippen LogP contribution in [0.3, 0.4) is 0 Å². The molecule has 0 bridgehead atoms. The zero-order valence-corrected chi connectivity index (χ0v) is 12.7. The van der Waals surface area contributed by atoms with Crippen LogP contribution in [-0.4, -0.2) is 37.2 Å². The molecule has 3 heteroatoms. The smallest absolute Gasteiger partial charge is 0.101 e. The summed E-state index contributed by atoms with van der Waals surface area (Å²) in [7, 11) is 0. The van der Waals surface area contributed by atoms with Crippen LogP contribution in [0.1, 0.15) is 46.5 Å². The van der Waals surface area contributed by atoms with Crippen LogP contribution in [0.15, 0.2) is 0 Å². The van der Waals surface area contributed by atoms with Crippen molar-refractivity contribution in [1.29, 1.82) is 5.26 Å². The molecule has 1 aliphatic heterocycles. The molecule has 0 amide bonds. The minimum atomic E-state index is 0.116. The number of hydrogen-bond acceptors (Lipinski definition) is 3. The van der Waals surface area contributed by atoms with Gasteiger partial charge in [0.1, 0.15) is 6.04 Å². The second-order valence-corrected chi connectivity index (χ2v) is 7.20. The van der Waals surface area contributed by atoms with Gasteiger partial charge in [-0.05, 0) is 42.9 Å². The van der Waals surface area contributed by atoms with Crippen LogP contribution in [0.4, 0.5) is 0 Å². The lowest BCUT2D eigenvalue weighted by Gasteiger charge is -2.41. The van der Waals surface area contributed by atoms with Crippen LogP contribution in [0.5, 0.6) is 0 Å². The van der Waals surface area contributed by atoms with Crippen LogP contribution in [-0.2, 0) is 4.74 Å². The van der Waals surface area contributed by atoms with Crippen LogP contribution in [0, 0.1) is 28.6 Å². The zero-order valence-electron chi connectivity index (χ0n) is 12.7. The van der Waals surface area contributed by atoms with Crippen molar-refractivity contribution in [2.45, 2.75) is 52.5 Å². The van der Waals surface area contributed by atoms with Crippen molar-refractivity contribution in [2.24, 2.45) is 17.3 Å². The molecule has 1 atom stereocenters. The normalized spacial score (nSPS) is 31.7. The molecule has 1 aliphatic carbocycles. The molecule has 1 heterocycles. The van der Waals surface area contributed by atoms with E-state index in [1.807, 2.05) is 0 Å². The summed E-state index contributed by atoms with van der Waals surface area (Å²) >= 11 is 0. The fraction of sp³-hybridized carbons (Fsp3) is 0.938. The summed E-state index contributed by atoms with van der Waals surface area (Å²) in [5.41, 5.74) is 0.423. The van der Waals surface area contributed by atoms with E-state index in [1.165, 1.54) is 25.7 Å². The van der Waals surface area contributed by atoms with Crippen molar-refractivity contribution >= 4 is 0 Å². The summed E-state index contributed by atoms with van der Waals surface area (Å²) in [6.45, 7) is 10.5. The molecule has 0 aromatic rings. The number of rotatable bonds is 2. The number of hydrogen-bond donors (Lipinski definition) is 0. The Labute approximate surface area is 117 Å². The van der Waals surface area contributed by atoms with E-state index in [0.717, 1.165) is 32.2 Å². The van der Waals surface area contributed by atoms with Gasteiger partial charge in [-0.15, -0.1) is 0 Å². The Morgan fingerprint density at radius 2 is 1.68 bits per heavy atom. The molecule has 108 valence electrons. The Morgan fingerprint density at radius 3 is 2.16 bits per heavy atom. The third-order valence-electron chi connectivity index (χ3n) is 5.01. The van der Waals surface area contributed by atoms with Crippen LogP contribution in [0.25, 0.3) is 0 Å². The maximum absolute atomic E-state index is 9.52. The number of morpholine rings is 1. The molecule has 2 rings (SSSR count). The Kier molecular flexibility index (Phi) is 4.86. The van der Waals surface area contributed by atoms with Gasteiger partial charge in [-0.3, -0.25) is 4.90 Å². The van der Waals surface area contributed by atoms with Gasteiger partial charge >= 0.3 is 0 Å². The minimum Gasteiger partial charge on any atom is -0.379 e. The highest BCUT2D eigenvalue weighted by Gasteiger charge is 2.35. The molecule has 1 saturated heterocycles. The number of nitriles is 1. The van der Waals surface area contributed by atoms with Crippen LogP contribution in [0.2, 0.25) is 0 Å². The molecule has 0 radical (unpaired) electrons. The van der Waals surface area contributed by atoms with E-state index >= 15 is 0 Å². The van der Waals surface area contributed by atoms with Crippen molar-refractivity contribution in [3.8, 4) is 6.07 Å². The van der Waals surface area contributed by atoms with E-state index in [4.69, 9.17) is 4.74 Å². The lowest BCUT2D eigenvalue weighted by molar-refractivity contribution is 0.00708. The van der Waals surface area contributed by atoms with E-state index in [9.17, 15) is 5.26 Å². The summed E-state index contributed by atoms with van der Waals surface area (Å²) in [5, 5.41) is 9.52. The van der Waals surface area contributed by atoms with Gasteiger partial charge in [0.05, 0.1) is 19.3 Å². The van der Waals surface area contributed by atoms with Crippen molar-refractivity contribution in [3.63, 3.8) is 0 Å². The summed E-state index contributed by atoms with van der Waals surface area (Å²) < 4.78 is 5.39. The first-order valence-corrected chi connectivity index (χ1v) is 7.74. The first kappa shape index (κ1) is 14.8. The monoisotopic (exact) mass is 264 g/mol. The fourth-order valence-corrected chi connectivity index (χ4v) is 3.64. The van der Waals surface area contributed by atoms with Gasteiger partial charge in [-0.2, -0.15) is 5.26 Å². The van der Waals surface area contributed by atoms with E-state index in [1.54, 1.807) is 0 Å². The molecule has 1 saturated carbocycles. The Bertz CT molecular complexity index is 315. The molecule has 0 aromatic heterocycles. The lowest BCUT2D eigenvalue weighted by Crippen LogP contribution is -2.47. The molecule has 2 aliphatic rings. The predicted molar refractivity (Wildman–Crippen MR) is 76.7 cm³/mol. The average Bonchev–Trinajstić information content (AvgIpc) is 2.40. The van der Waals surface area contributed by atoms with Gasteiger partial charge in [-0.25, -0.2) is 0 Å². The average molecular weight is 264 g/mol. The SMILES string of the molecule is CC(C)(C)C1CCC(C(C#N)N2CCOCC2)CC1. The maximum Gasteiger partial charge on any atom is 0.101 e. The van der Waals surface area contributed by atoms with Crippen LogP contribution < -0.4 is 0 Å².